The summed E-state index contributed by atoms with van der Waals surface area (Å²) in [5.41, 5.74) is 4.28. The second-order valence-electron chi connectivity index (χ2n) is 4.71. The van der Waals surface area contributed by atoms with Gasteiger partial charge in [-0.15, -0.1) is 11.6 Å². The first kappa shape index (κ1) is 13.1. The van der Waals surface area contributed by atoms with Crippen LogP contribution in [0.4, 0.5) is 4.79 Å². The summed E-state index contributed by atoms with van der Waals surface area (Å²) in [6.45, 7) is 5.35. The summed E-state index contributed by atoms with van der Waals surface area (Å²) in [6.07, 6.45) is 6.27. The molecule has 0 aliphatic heterocycles. The van der Waals surface area contributed by atoms with Gasteiger partial charge in [-0.3, -0.25) is 5.32 Å². The lowest BCUT2D eigenvalue weighted by atomic mass is 10.0. The molecule has 0 fully saturated rings. The lowest BCUT2D eigenvalue weighted by Crippen LogP contribution is -2.61. The van der Waals surface area contributed by atoms with Crippen LogP contribution in [-0.4, -0.2) is 22.7 Å². The van der Waals surface area contributed by atoms with E-state index in [9.17, 15) is 4.79 Å². The Morgan fingerprint density at radius 3 is 2.62 bits per heavy atom. The zero-order valence-electron chi connectivity index (χ0n) is 9.66. The number of nitrogens with two attached hydrogens (primary N) is 1. The number of alkyl halides is 1. The average Bonchev–Trinajstić information content (AvgIpc) is 2.06. The Kier molecular flexibility index (Phi) is 3.65. The van der Waals surface area contributed by atoms with Crippen LogP contribution >= 0.6 is 11.6 Å². The number of ether oxygens (including phenoxy) is 1. The van der Waals surface area contributed by atoms with Crippen molar-refractivity contribution >= 4 is 17.7 Å². The van der Waals surface area contributed by atoms with Gasteiger partial charge in [0.25, 0.3) is 0 Å². The minimum absolute atomic E-state index is 0.495. The van der Waals surface area contributed by atoms with Gasteiger partial charge in [-0.1, -0.05) is 18.2 Å². The standard InChI is InChI=1S/C11H17ClN2O2/c1-10(2,3)16-9(15)14-11(13)7-5-4-6-8(11)12/h4-8H,13H2,1-3H3,(H,14,15). The molecule has 0 saturated carbocycles. The second-order valence-corrected chi connectivity index (χ2v) is 5.18. The minimum Gasteiger partial charge on any atom is -0.444 e. The molecule has 0 bridgehead atoms. The molecule has 3 N–H and O–H groups in total. The Labute approximate surface area is 100 Å². The van der Waals surface area contributed by atoms with Gasteiger partial charge in [0.05, 0.1) is 5.38 Å². The van der Waals surface area contributed by atoms with E-state index < -0.39 is 22.7 Å². The highest BCUT2D eigenvalue weighted by Crippen LogP contribution is 2.19. The summed E-state index contributed by atoms with van der Waals surface area (Å²) in [7, 11) is 0. The van der Waals surface area contributed by atoms with Gasteiger partial charge >= 0.3 is 6.09 Å². The molecule has 4 nitrogen and oxygen atoms in total. The maximum Gasteiger partial charge on any atom is 0.409 e. The Morgan fingerprint density at radius 1 is 1.50 bits per heavy atom. The van der Waals surface area contributed by atoms with Crippen LogP contribution in [0.3, 0.4) is 0 Å². The van der Waals surface area contributed by atoms with Gasteiger partial charge in [0.15, 0.2) is 0 Å². The van der Waals surface area contributed by atoms with E-state index in [0.29, 0.717) is 0 Å². The fourth-order valence-corrected chi connectivity index (χ4v) is 1.43. The number of nitrogens with one attached hydrogen (secondary N) is 1. The van der Waals surface area contributed by atoms with Crippen molar-refractivity contribution in [2.75, 3.05) is 0 Å². The Balaban J connectivity index is 2.63. The van der Waals surface area contributed by atoms with E-state index in [2.05, 4.69) is 5.32 Å². The molecule has 0 aromatic heterocycles. The predicted octanol–water partition coefficient (Wildman–Crippen LogP) is 1.90. The molecular formula is C11H17ClN2O2. The van der Waals surface area contributed by atoms with Crippen LogP contribution in [0, 0.1) is 0 Å². The number of rotatable bonds is 1. The number of carbonyl (C=O) groups is 1. The normalized spacial score (nSPS) is 28.9. The molecule has 1 amide bonds. The summed E-state index contributed by atoms with van der Waals surface area (Å²) in [6, 6.07) is 0. The molecule has 2 unspecified atom stereocenters. The number of halogens is 1. The molecule has 90 valence electrons. The Hall–Kier alpha value is -1.00. The summed E-state index contributed by atoms with van der Waals surface area (Å²) in [5, 5.41) is 2.05. The third-order valence-corrected chi connectivity index (χ3v) is 2.44. The lowest BCUT2D eigenvalue weighted by molar-refractivity contribution is 0.0481. The molecular weight excluding hydrogens is 228 g/mol. The van der Waals surface area contributed by atoms with E-state index in [1.165, 1.54) is 0 Å². The maximum absolute atomic E-state index is 11.5. The third kappa shape index (κ3) is 3.54. The topological polar surface area (TPSA) is 64.3 Å². The summed E-state index contributed by atoms with van der Waals surface area (Å²) >= 11 is 6.01. The van der Waals surface area contributed by atoms with Crippen molar-refractivity contribution < 1.29 is 9.53 Å². The first-order chi connectivity index (χ1) is 7.23. The van der Waals surface area contributed by atoms with E-state index >= 15 is 0 Å². The highest BCUT2D eigenvalue weighted by molar-refractivity contribution is 6.23. The van der Waals surface area contributed by atoms with Crippen molar-refractivity contribution in [3.8, 4) is 0 Å². The molecule has 0 aromatic rings. The largest absolute Gasteiger partial charge is 0.444 e. The van der Waals surface area contributed by atoms with Crippen LogP contribution in [0.1, 0.15) is 20.8 Å². The maximum atomic E-state index is 11.5. The van der Waals surface area contributed by atoms with Crippen LogP contribution in [0.15, 0.2) is 24.3 Å². The highest BCUT2D eigenvalue weighted by atomic mass is 35.5. The monoisotopic (exact) mass is 244 g/mol. The van der Waals surface area contributed by atoms with Gasteiger partial charge in [-0.05, 0) is 26.8 Å². The smallest absolute Gasteiger partial charge is 0.409 e. The van der Waals surface area contributed by atoms with E-state index in [1.54, 1.807) is 45.1 Å². The fraction of sp³-hybridized carbons (Fsp3) is 0.545. The summed E-state index contributed by atoms with van der Waals surface area (Å²) in [4.78, 5) is 11.5. The van der Waals surface area contributed by atoms with Crippen molar-refractivity contribution in [1.29, 1.82) is 0 Å². The van der Waals surface area contributed by atoms with Crippen molar-refractivity contribution in [3.63, 3.8) is 0 Å². The molecule has 2 atom stereocenters. The zero-order chi connectivity index (χ0) is 12.4. The highest BCUT2D eigenvalue weighted by Gasteiger charge is 2.34. The molecule has 0 saturated heterocycles. The van der Waals surface area contributed by atoms with Crippen molar-refractivity contribution in [2.24, 2.45) is 5.73 Å². The van der Waals surface area contributed by atoms with Gasteiger partial charge in [-0.2, -0.15) is 0 Å². The predicted molar refractivity (Wildman–Crippen MR) is 64.2 cm³/mol. The van der Waals surface area contributed by atoms with Crippen LogP contribution in [0.2, 0.25) is 0 Å². The number of hydrogen-bond acceptors (Lipinski definition) is 3. The number of hydrogen-bond donors (Lipinski definition) is 2. The van der Waals surface area contributed by atoms with Gasteiger partial charge in [0.2, 0.25) is 0 Å². The number of alkyl carbamates (subject to hydrolysis) is 1. The zero-order valence-corrected chi connectivity index (χ0v) is 10.4. The summed E-state index contributed by atoms with van der Waals surface area (Å²) < 4.78 is 5.11. The van der Waals surface area contributed by atoms with Crippen LogP contribution < -0.4 is 11.1 Å². The Bertz CT molecular complexity index is 333. The van der Waals surface area contributed by atoms with E-state index in [4.69, 9.17) is 22.1 Å². The number of carbonyl (C=O) groups excluding carboxylic acids is 1. The van der Waals surface area contributed by atoms with Crippen LogP contribution in [0.25, 0.3) is 0 Å². The molecule has 0 aromatic carbocycles. The molecule has 1 rings (SSSR count). The molecule has 1 aliphatic rings. The fourth-order valence-electron chi connectivity index (χ4n) is 1.22. The van der Waals surface area contributed by atoms with E-state index in [-0.39, 0.29) is 0 Å². The van der Waals surface area contributed by atoms with E-state index in [0.717, 1.165) is 0 Å². The van der Waals surface area contributed by atoms with Gasteiger partial charge < -0.3 is 10.5 Å². The van der Waals surface area contributed by atoms with Crippen molar-refractivity contribution in [2.45, 2.75) is 37.4 Å². The molecule has 0 heterocycles. The average molecular weight is 245 g/mol. The molecule has 0 spiro atoms. The SMILES string of the molecule is CC(C)(C)OC(=O)NC1(N)C=CC=CC1Cl. The van der Waals surface area contributed by atoms with Crippen LogP contribution in [-0.2, 0) is 4.74 Å². The van der Waals surface area contributed by atoms with E-state index in [1.807, 2.05) is 0 Å². The quantitative estimate of drug-likeness (QED) is 0.547. The molecule has 0 radical (unpaired) electrons. The Morgan fingerprint density at radius 2 is 2.12 bits per heavy atom. The van der Waals surface area contributed by atoms with Crippen molar-refractivity contribution in [3.05, 3.63) is 24.3 Å². The second kappa shape index (κ2) is 4.47. The minimum atomic E-state index is -1.10. The lowest BCUT2D eigenvalue weighted by Gasteiger charge is -2.32. The van der Waals surface area contributed by atoms with Gasteiger partial charge in [-0.25, -0.2) is 4.79 Å². The summed E-state index contributed by atoms with van der Waals surface area (Å²) in [5.74, 6) is 0. The molecule has 5 heteroatoms. The van der Waals surface area contributed by atoms with Gasteiger partial charge in [0.1, 0.15) is 11.3 Å². The van der Waals surface area contributed by atoms with Gasteiger partial charge in [0, 0.05) is 0 Å². The first-order valence-corrected chi connectivity index (χ1v) is 5.47. The third-order valence-electron chi connectivity index (χ3n) is 1.94. The number of amides is 1. The molecule has 16 heavy (non-hydrogen) atoms. The van der Waals surface area contributed by atoms with Crippen molar-refractivity contribution in [1.82, 2.24) is 5.32 Å². The van der Waals surface area contributed by atoms with Crippen LogP contribution in [0.5, 0.6) is 0 Å². The first-order valence-electron chi connectivity index (χ1n) is 5.03. The molecule has 1 aliphatic carbocycles. The number of allylic oxidation sites excluding steroid dienone is 2.